The molecule has 0 radical (unpaired) electrons. The molecule has 1 heterocycles. The molecule has 0 aliphatic carbocycles. The van der Waals surface area contributed by atoms with Crippen molar-refractivity contribution in [3.63, 3.8) is 0 Å². The number of hydrogen-bond donors (Lipinski definition) is 2. The molecule has 0 aliphatic rings. The lowest BCUT2D eigenvalue weighted by Gasteiger charge is -2.06. The van der Waals surface area contributed by atoms with Crippen molar-refractivity contribution in [2.75, 3.05) is 6.54 Å². The molecule has 0 fully saturated rings. The van der Waals surface area contributed by atoms with Crippen LogP contribution in [0, 0.1) is 6.92 Å². The minimum Gasteiger partial charge on any atom is -0.263 e. The van der Waals surface area contributed by atoms with Crippen molar-refractivity contribution in [3.8, 4) is 11.4 Å². The summed E-state index contributed by atoms with van der Waals surface area (Å²) >= 11 is 0. The number of hydrogen-bond acceptors (Lipinski definition) is 4. The Labute approximate surface area is 141 Å². The van der Waals surface area contributed by atoms with Crippen LogP contribution in [0.25, 0.3) is 11.4 Å². The van der Waals surface area contributed by atoms with Crippen LogP contribution in [0.4, 0.5) is 0 Å². The Kier molecular flexibility index (Phi) is 4.73. The zero-order valence-corrected chi connectivity index (χ0v) is 14.0. The van der Waals surface area contributed by atoms with Crippen LogP contribution in [-0.2, 0) is 16.4 Å². The molecule has 1 aromatic heterocycles. The molecule has 7 heteroatoms. The molecule has 0 aliphatic heterocycles. The first-order chi connectivity index (χ1) is 11.5. The van der Waals surface area contributed by atoms with Gasteiger partial charge in [-0.2, -0.15) is 5.10 Å². The molecule has 3 aromatic rings. The predicted octanol–water partition coefficient (Wildman–Crippen LogP) is 2.30. The van der Waals surface area contributed by atoms with Crippen LogP contribution in [0.2, 0.25) is 0 Å². The average molecular weight is 342 g/mol. The number of rotatable bonds is 6. The van der Waals surface area contributed by atoms with E-state index in [0.29, 0.717) is 18.1 Å². The Morgan fingerprint density at radius 3 is 2.62 bits per heavy atom. The smallest absolute Gasteiger partial charge is 0.240 e. The van der Waals surface area contributed by atoms with E-state index in [1.54, 1.807) is 18.2 Å². The van der Waals surface area contributed by atoms with Crippen molar-refractivity contribution in [2.45, 2.75) is 18.2 Å². The maximum absolute atomic E-state index is 12.2. The van der Waals surface area contributed by atoms with E-state index in [4.69, 9.17) is 0 Å². The van der Waals surface area contributed by atoms with E-state index < -0.39 is 10.0 Å². The van der Waals surface area contributed by atoms with Gasteiger partial charge in [0.05, 0.1) is 4.90 Å². The lowest BCUT2D eigenvalue weighted by molar-refractivity contribution is 0.581. The molecule has 0 bridgehead atoms. The number of benzene rings is 2. The lowest BCUT2D eigenvalue weighted by Crippen LogP contribution is -2.26. The fourth-order valence-electron chi connectivity index (χ4n) is 2.29. The average Bonchev–Trinajstić information content (AvgIpc) is 3.04. The van der Waals surface area contributed by atoms with E-state index in [2.05, 4.69) is 19.9 Å². The third-order valence-electron chi connectivity index (χ3n) is 3.52. The molecule has 0 unspecified atom stereocenters. The summed E-state index contributed by atoms with van der Waals surface area (Å²) in [6.45, 7) is 2.11. The SMILES string of the molecule is Cc1cccc(S(=O)(=O)NCCc2nc(-c3ccccc3)n[nH]2)c1. The fourth-order valence-corrected chi connectivity index (χ4v) is 3.43. The molecule has 6 nitrogen and oxygen atoms in total. The fraction of sp³-hybridized carbons (Fsp3) is 0.176. The molecule has 2 aromatic carbocycles. The van der Waals surface area contributed by atoms with Crippen molar-refractivity contribution in [2.24, 2.45) is 0 Å². The molecule has 0 spiro atoms. The monoisotopic (exact) mass is 342 g/mol. The van der Waals surface area contributed by atoms with Gasteiger partial charge in [0, 0.05) is 18.5 Å². The minimum absolute atomic E-state index is 0.250. The maximum Gasteiger partial charge on any atom is 0.240 e. The summed E-state index contributed by atoms with van der Waals surface area (Å²) in [5, 5.41) is 7.00. The Morgan fingerprint density at radius 2 is 1.88 bits per heavy atom. The summed E-state index contributed by atoms with van der Waals surface area (Å²) in [7, 11) is -3.51. The van der Waals surface area contributed by atoms with Gasteiger partial charge in [0.2, 0.25) is 10.0 Å². The summed E-state index contributed by atoms with van der Waals surface area (Å²) in [6, 6.07) is 16.4. The third kappa shape index (κ3) is 3.87. The van der Waals surface area contributed by atoms with Gasteiger partial charge >= 0.3 is 0 Å². The zero-order valence-electron chi connectivity index (χ0n) is 13.2. The van der Waals surface area contributed by atoms with Gasteiger partial charge in [0.15, 0.2) is 5.82 Å². The molecule has 2 N–H and O–H groups in total. The van der Waals surface area contributed by atoms with Gasteiger partial charge in [-0.3, -0.25) is 5.10 Å². The molecule has 124 valence electrons. The van der Waals surface area contributed by atoms with Gasteiger partial charge < -0.3 is 0 Å². The number of aromatic amines is 1. The van der Waals surface area contributed by atoms with E-state index in [-0.39, 0.29) is 11.4 Å². The zero-order chi connectivity index (χ0) is 17.0. The number of nitrogens with one attached hydrogen (secondary N) is 2. The Hall–Kier alpha value is -2.51. The molecular weight excluding hydrogens is 324 g/mol. The second kappa shape index (κ2) is 6.94. The normalized spacial score (nSPS) is 11.5. The molecule has 0 saturated heterocycles. The first-order valence-electron chi connectivity index (χ1n) is 7.58. The van der Waals surface area contributed by atoms with Crippen molar-refractivity contribution >= 4 is 10.0 Å². The van der Waals surface area contributed by atoms with E-state index in [9.17, 15) is 8.42 Å². The molecule has 3 rings (SSSR count). The molecule has 0 amide bonds. The first-order valence-corrected chi connectivity index (χ1v) is 9.06. The minimum atomic E-state index is -3.51. The van der Waals surface area contributed by atoms with Crippen LogP contribution >= 0.6 is 0 Å². The standard InChI is InChI=1S/C17H18N4O2S/c1-13-6-5-9-15(12-13)24(22,23)18-11-10-16-19-17(21-20-16)14-7-3-2-4-8-14/h2-9,12,18H,10-11H2,1H3,(H,19,20,21). The van der Waals surface area contributed by atoms with E-state index in [0.717, 1.165) is 11.1 Å². The van der Waals surface area contributed by atoms with Crippen LogP contribution in [0.15, 0.2) is 59.5 Å². The highest BCUT2D eigenvalue weighted by Crippen LogP contribution is 2.14. The van der Waals surface area contributed by atoms with Gasteiger partial charge in [0.25, 0.3) is 0 Å². The first kappa shape index (κ1) is 16.4. The highest BCUT2D eigenvalue weighted by atomic mass is 32.2. The van der Waals surface area contributed by atoms with E-state index >= 15 is 0 Å². The van der Waals surface area contributed by atoms with Crippen molar-refractivity contribution in [3.05, 3.63) is 66.0 Å². The van der Waals surface area contributed by atoms with Crippen molar-refractivity contribution in [1.29, 1.82) is 0 Å². The molecule has 24 heavy (non-hydrogen) atoms. The third-order valence-corrected chi connectivity index (χ3v) is 4.98. The summed E-state index contributed by atoms with van der Waals surface area (Å²) in [5.74, 6) is 1.24. The maximum atomic E-state index is 12.2. The number of nitrogens with zero attached hydrogens (tertiary/aromatic N) is 2. The van der Waals surface area contributed by atoms with Gasteiger partial charge in [-0.05, 0) is 24.6 Å². The van der Waals surface area contributed by atoms with Crippen LogP contribution < -0.4 is 4.72 Å². The highest BCUT2D eigenvalue weighted by Gasteiger charge is 2.14. The number of sulfonamides is 1. The molecule has 0 saturated carbocycles. The Bertz CT molecular complexity index is 921. The summed E-state index contributed by atoms with van der Waals surface area (Å²) in [4.78, 5) is 4.65. The van der Waals surface area contributed by atoms with Crippen LogP contribution in [-0.4, -0.2) is 30.1 Å². The lowest BCUT2D eigenvalue weighted by atomic mass is 10.2. The predicted molar refractivity (Wildman–Crippen MR) is 91.9 cm³/mol. The van der Waals surface area contributed by atoms with E-state index in [1.807, 2.05) is 43.3 Å². The second-order valence-electron chi connectivity index (χ2n) is 5.44. The van der Waals surface area contributed by atoms with Crippen LogP contribution in [0.5, 0.6) is 0 Å². The largest absolute Gasteiger partial charge is 0.263 e. The molecular formula is C17H18N4O2S. The highest BCUT2D eigenvalue weighted by molar-refractivity contribution is 7.89. The number of aryl methyl sites for hydroxylation is 1. The van der Waals surface area contributed by atoms with Crippen LogP contribution in [0.3, 0.4) is 0 Å². The Balaban J connectivity index is 1.62. The van der Waals surface area contributed by atoms with Crippen molar-refractivity contribution in [1.82, 2.24) is 19.9 Å². The summed E-state index contributed by atoms with van der Waals surface area (Å²) in [6.07, 6.45) is 0.435. The van der Waals surface area contributed by atoms with E-state index in [1.165, 1.54) is 0 Å². The topological polar surface area (TPSA) is 87.7 Å². The Morgan fingerprint density at radius 1 is 1.08 bits per heavy atom. The quantitative estimate of drug-likeness (QED) is 0.719. The molecule has 0 atom stereocenters. The van der Waals surface area contributed by atoms with Crippen LogP contribution in [0.1, 0.15) is 11.4 Å². The number of H-pyrrole nitrogens is 1. The van der Waals surface area contributed by atoms with Gasteiger partial charge in [-0.25, -0.2) is 18.1 Å². The summed E-state index contributed by atoms with van der Waals surface area (Å²) in [5.41, 5.74) is 1.82. The second-order valence-corrected chi connectivity index (χ2v) is 7.20. The van der Waals surface area contributed by atoms with Gasteiger partial charge in [-0.15, -0.1) is 0 Å². The number of aromatic nitrogens is 3. The van der Waals surface area contributed by atoms with Gasteiger partial charge in [-0.1, -0.05) is 42.5 Å². The van der Waals surface area contributed by atoms with Crippen molar-refractivity contribution < 1.29 is 8.42 Å². The summed E-state index contributed by atoms with van der Waals surface area (Å²) < 4.78 is 27.1. The van der Waals surface area contributed by atoms with Gasteiger partial charge in [0.1, 0.15) is 5.82 Å².